The summed E-state index contributed by atoms with van der Waals surface area (Å²) in [5, 5.41) is 11.1. The third kappa shape index (κ3) is 8.85. The highest BCUT2D eigenvalue weighted by Crippen LogP contribution is 2.46. The molecule has 5 N–H and O–H groups in total. The maximum Gasteiger partial charge on any atom is 0.409 e. The number of halogens is 1. The van der Waals surface area contributed by atoms with Gasteiger partial charge in [0, 0.05) is 66.8 Å². The zero-order valence-electron chi connectivity index (χ0n) is 32.9. The van der Waals surface area contributed by atoms with Crippen molar-refractivity contribution in [3.8, 4) is 11.1 Å². The van der Waals surface area contributed by atoms with Crippen LogP contribution in [0.2, 0.25) is 0 Å². The van der Waals surface area contributed by atoms with Crippen LogP contribution in [0, 0.1) is 19.7 Å². The number of hydrogen-bond donors (Lipinski definition) is 5. The van der Waals surface area contributed by atoms with Gasteiger partial charge in [-0.3, -0.25) is 14.4 Å². The average molecular weight is 779 g/mol. The van der Waals surface area contributed by atoms with Crippen molar-refractivity contribution in [2.45, 2.75) is 53.1 Å². The van der Waals surface area contributed by atoms with Crippen molar-refractivity contribution in [3.63, 3.8) is 0 Å². The number of alkyl carbamates (subject to hydrolysis) is 1. The largest absolute Gasteiger partial charge is 0.448 e. The van der Waals surface area contributed by atoms with Crippen LogP contribution in [0.1, 0.15) is 88.0 Å². The Morgan fingerprint density at radius 2 is 1.61 bits per heavy atom. The van der Waals surface area contributed by atoms with Gasteiger partial charge in [0.05, 0.1) is 11.1 Å². The van der Waals surface area contributed by atoms with E-state index in [2.05, 4.69) is 26.3 Å². The van der Waals surface area contributed by atoms with Gasteiger partial charge < -0.3 is 40.6 Å². The Labute approximate surface area is 330 Å². The topological polar surface area (TPSA) is 171 Å². The van der Waals surface area contributed by atoms with Gasteiger partial charge in [-0.2, -0.15) is 0 Å². The van der Waals surface area contributed by atoms with Crippen molar-refractivity contribution in [2.24, 2.45) is 0 Å². The summed E-state index contributed by atoms with van der Waals surface area (Å²) in [5.41, 5.74) is 6.69. The van der Waals surface area contributed by atoms with Gasteiger partial charge in [0.1, 0.15) is 18.0 Å². The van der Waals surface area contributed by atoms with Crippen molar-refractivity contribution >= 4 is 47.2 Å². The predicted molar refractivity (Wildman–Crippen MR) is 214 cm³/mol. The summed E-state index contributed by atoms with van der Waals surface area (Å²) in [7, 11) is 0. The standard InChI is InChI=1S/C43H47FN6O7/c1-7-50(20-19-46-40(53)36-24(2)35(48-25(36)3)22-32-31-21-26(44)15-16-34(31)49-39(32)52)42(55)56-23-33-27-11-8-9-12-28(27)37-29(33)13-10-14-30(37)38(51)45-17-18-47-41(54)57-43(4,5)6/h8-16,21-22,33,48H,7,17-20,23H2,1-6H3,(H,45,51)(H,46,53)(H,47,54)(H,49,52)/b32-22-. The van der Waals surface area contributed by atoms with Crippen molar-refractivity contribution < 1.29 is 37.8 Å². The molecule has 57 heavy (non-hydrogen) atoms. The lowest BCUT2D eigenvalue weighted by molar-refractivity contribution is -0.110. The molecular weight excluding hydrogens is 732 g/mol. The van der Waals surface area contributed by atoms with E-state index in [4.69, 9.17) is 9.47 Å². The van der Waals surface area contributed by atoms with Crippen molar-refractivity contribution in [3.05, 3.63) is 111 Å². The number of H-pyrrole nitrogens is 1. The SMILES string of the molecule is CCN(CCNC(=O)c1c(C)[nH]c(/C=C2\C(=O)Nc3ccc(F)cc32)c1C)C(=O)OCC1c2ccccc2-c2c(C(=O)NCCNC(=O)OC(C)(C)C)cccc21. The Morgan fingerprint density at radius 1 is 0.895 bits per heavy atom. The average Bonchev–Trinajstić information content (AvgIpc) is 3.76. The number of likely N-dealkylation sites (N-methyl/N-ethyl adjacent to an activating group) is 1. The number of amides is 5. The molecule has 2 aliphatic rings. The van der Waals surface area contributed by atoms with E-state index < -0.39 is 23.6 Å². The second-order valence-corrected chi connectivity index (χ2v) is 14.9. The lowest BCUT2D eigenvalue weighted by atomic mass is 9.96. The van der Waals surface area contributed by atoms with E-state index in [-0.39, 0.29) is 62.0 Å². The van der Waals surface area contributed by atoms with Crippen LogP contribution in [0.15, 0.2) is 60.7 Å². The summed E-state index contributed by atoms with van der Waals surface area (Å²) in [4.78, 5) is 69.5. The number of rotatable bonds is 12. The first-order valence-electron chi connectivity index (χ1n) is 18.9. The predicted octanol–water partition coefficient (Wildman–Crippen LogP) is 6.52. The Balaban J connectivity index is 1.06. The van der Waals surface area contributed by atoms with E-state index in [9.17, 15) is 28.4 Å². The fourth-order valence-electron chi connectivity index (χ4n) is 7.20. The van der Waals surface area contributed by atoms with Gasteiger partial charge in [-0.1, -0.05) is 36.4 Å². The molecule has 5 amide bonds. The fraction of sp³-hybridized carbons (Fsp3) is 0.326. The number of hydrogen-bond acceptors (Lipinski definition) is 7. The van der Waals surface area contributed by atoms with Crippen molar-refractivity contribution in [1.82, 2.24) is 25.8 Å². The minimum absolute atomic E-state index is 0.0335. The second kappa shape index (κ2) is 16.7. The summed E-state index contributed by atoms with van der Waals surface area (Å²) in [6.07, 6.45) is 0.504. The quantitative estimate of drug-likeness (QED) is 0.0806. The van der Waals surface area contributed by atoms with Crippen molar-refractivity contribution in [1.29, 1.82) is 0 Å². The van der Waals surface area contributed by atoms with Crippen LogP contribution in [0.5, 0.6) is 0 Å². The van der Waals surface area contributed by atoms with Crippen molar-refractivity contribution in [2.75, 3.05) is 44.6 Å². The van der Waals surface area contributed by atoms with E-state index in [1.54, 1.807) is 52.8 Å². The van der Waals surface area contributed by atoms with Gasteiger partial charge in [0.15, 0.2) is 0 Å². The molecule has 1 aliphatic carbocycles. The number of aromatic nitrogens is 1. The van der Waals surface area contributed by atoms with Crippen LogP contribution in [0.25, 0.3) is 22.8 Å². The molecule has 6 rings (SSSR count). The zero-order valence-corrected chi connectivity index (χ0v) is 32.9. The summed E-state index contributed by atoms with van der Waals surface area (Å²) >= 11 is 0. The molecule has 2 heterocycles. The Hall–Kier alpha value is -6.44. The molecule has 0 saturated carbocycles. The van der Waals surface area contributed by atoms with Gasteiger partial charge in [-0.25, -0.2) is 14.0 Å². The molecular formula is C43H47FN6O7. The molecule has 0 radical (unpaired) electrons. The van der Waals surface area contributed by atoms with E-state index in [0.717, 1.165) is 22.3 Å². The van der Waals surface area contributed by atoms with Gasteiger partial charge >= 0.3 is 12.2 Å². The highest BCUT2D eigenvalue weighted by molar-refractivity contribution is 6.35. The second-order valence-electron chi connectivity index (χ2n) is 14.9. The Kier molecular flexibility index (Phi) is 11.8. The third-order valence-corrected chi connectivity index (χ3v) is 9.84. The normalized spacial score (nSPS) is 14.6. The summed E-state index contributed by atoms with van der Waals surface area (Å²) in [6, 6.07) is 17.3. The third-order valence-electron chi connectivity index (χ3n) is 9.84. The summed E-state index contributed by atoms with van der Waals surface area (Å²) in [5.74, 6) is -1.79. The number of aryl methyl sites for hydroxylation is 1. The molecule has 13 nitrogen and oxygen atoms in total. The number of benzene rings is 3. The van der Waals surface area contributed by atoms with E-state index in [1.165, 1.54) is 23.1 Å². The number of nitrogens with zero attached hydrogens (tertiary/aromatic N) is 1. The molecule has 0 fully saturated rings. The Morgan fingerprint density at radius 3 is 2.37 bits per heavy atom. The number of ether oxygens (including phenoxy) is 2. The molecule has 0 bridgehead atoms. The fourth-order valence-corrected chi connectivity index (χ4v) is 7.20. The minimum Gasteiger partial charge on any atom is -0.448 e. The number of aromatic amines is 1. The molecule has 3 aromatic carbocycles. The zero-order chi connectivity index (χ0) is 41.0. The number of carbonyl (C=O) groups excluding carboxylic acids is 5. The first-order chi connectivity index (χ1) is 27.2. The minimum atomic E-state index is -0.631. The summed E-state index contributed by atoms with van der Waals surface area (Å²) in [6.45, 7) is 11.7. The monoisotopic (exact) mass is 778 g/mol. The highest BCUT2D eigenvalue weighted by Gasteiger charge is 2.33. The molecule has 1 aliphatic heterocycles. The number of nitrogens with one attached hydrogen (secondary N) is 5. The number of anilines is 1. The molecule has 298 valence electrons. The molecule has 1 aromatic heterocycles. The van der Waals surface area contributed by atoms with E-state index in [0.29, 0.717) is 45.9 Å². The van der Waals surface area contributed by atoms with Gasteiger partial charge in [-0.05, 0) is 99.7 Å². The maximum atomic E-state index is 14.0. The van der Waals surface area contributed by atoms with Crippen LogP contribution >= 0.6 is 0 Å². The molecule has 1 atom stereocenters. The smallest absolute Gasteiger partial charge is 0.409 e. The van der Waals surface area contributed by atoms with Crippen LogP contribution in [-0.2, 0) is 14.3 Å². The van der Waals surface area contributed by atoms with Crippen LogP contribution in [-0.4, -0.2) is 84.7 Å². The first kappa shape index (κ1) is 40.2. The van der Waals surface area contributed by atoms with E-state index in [1.807, 2.05) is 37.3 Å². The highest BCUT2D eigenvalue weighted by atomic mass is 19.1. The van der Waals surface area contributed by atoms with E-state index >= 15 is 0 Å². The first-order valence-corrected chi connectivity index (χ1v) is 18.9. The summed E-state index contributed by atoms with van der Waals surface area (Å²) < 4.78 is 25.1. The number of carbonyl (C=O) groups is 5. The van der Waals surface area contributed by atoms with Gasteiger partial charge in [0.25, 0.3) is 17.7 Å². The maximum absolute atomic E-state index is 14.0. The molecule has 0 spiro atoms. The van der Waals surface area contributed by atoms with Crippen LogP contribution in [0.3, 0.4) is 0 Å². The Bertz CT molecular complexity index is 2270. The van der Waals surface area contributed by atoms with Crippen LogP contribution < -0.4 is 21.3 Å². The van der Waals surface area contributed by atoms with Gasteiger partial charge in [0.2, 0.25) is 0 Å². The lowest BCUT2D eigenvalue weighted by Gasteiger charge is -2.22. The van der Waals surface area contributed by atoms with Gasteiger partial charge in [-0.15, -0.1) is 0 Å². The molecule has 4 aromatic rings. The molecule has 0 saturated heterocycles. The lowest BCUT2D eigenvalue weighted by Crippen LogP contribution is -2.39. The number of fused-ring (bicyclic) bond motifs is 4. The molecule has 1 unspecified atom stereocenters. The molecule has 14 heteroatoms. The van der Waals surface area contributed by atoms with Crippen LogP contribution in [0.4, 0.5) is 19.7 Å².